The van der Waals surface area contributed by atoms with E-state index < -0.39 is 5.63 Å². The Labute approximate surface area is 158 Å². The van der Waals surface area contributed by atoms with Gasteiger partial charge in [0.15, 0.2) is 6.61 Å². The van der Waals surface area contributed by atoms with Crippen molar-refractivity contribution in [1.82, 2.24) is 10.2 Å². The maximum atomic E-state index is 11.9. The lowest BCUT2D eigenvalue weighted by Gasteiger charge is -2.12. The van der Waals surface area contributed by atoms with E-state index in [9.17, 15) is 9.59 Å². The van der Waals surface area contributed by atoms with Crippen LogP contribution in [-0.2, 0) is 11.2 Å². The van der Waals surface area contributed by atoms with Gasteiger partial charge in [-0.15, -0.1) is 0 Å². The van der Waals surface area contributed by atoms with Crippen molar-refractivity contribution in [2.24, 2.45) is 0 Å². The number of carbonyl (C=O) groups is 1. The van der Waals surface area contributed by atoms with E-state index in [1.807, 2.05) is 21.0 Å². The number of hydrogen-bond donors (Lipinski definition) is 1. The predicted molar refractivity (Wildman–Crippen MR) is 103 cm³/mol. The van der Waals surface area contributed by atoms with Crippen LogP contribution in [0.15, 0.2) is 27.4 Å². The first-order chi connectivity index (χ1) is 12.4. The summed E-state index contributed by atoms with van der Waals surface area (Å²) in [6.07, 6.45) is 2.53. The zero-order valence-corrected chi connectivity index (χ0v) is 16.2. The number of nitrogens with zero attached hydrogens (tertiary/aromatic N) is 1. The van der Waals surface area contributed by atoms with E-state index in [0.717, 1.165) is 36.8 Å². The summed E-state index contributed by atoms with van der Waals surface area (Å²) in [7, 11) is 3.97. The average Bonchev–Trinajstić information content (AvgIpc) is 2.57. The molecule has 0 saturated heterocycles. The molecule has 0 bridgehead atoms. The first-order valence-electron chi connectivity index (χ1n) is 8.71. The molecule has 1 aromatic carbocycles. The van der Waals surface area contributed by atoms with Gasteiger partial charge in [0.1, 0.15) is 11.3 Å². The number of ether oxygens (including phenoxy) is 1. The Morgan fingerprint density at radius 3 is 2.77 bits per heavy atom. The number of amides is 1. The molecule has 0 atom stereocenters. The minimum atomic E-state index is -0.409. The Balaban J connectivity index is 2.04. The Morgan fingerprint density at radius 2 is 2.08 bits per heavy atom. The van der Waals surface area contributed by atoms with Crippen LogP contribution >= 0.6 is 11.6 Å². The molecule has 2 aromatic rings. The number of nitrogens with one attached hydrogen (secondary N) is 1. The molecule has 6 nitrogen and oxygen atoms in total. The highest BCUT2D eigenvalue weighted by molar-refractivity contribution is 6.32. The van der Waals surface area contributed by atoms with Crippen LogP contribution in [0.1, 0.15) is 25.3 Å². The van der Waals surface area contributed by atoms with E-state index in [2.05, 4.69) is 10.2 Å². The molecule has 1 N–H and O–H groups in total. The maximum Gasteiger partial charge on any atom is 0.336 e. The van der Waals surface area contributed by atoms with Crippen molar-refractivity contribution >= 4 is 28.5 Å². The number of benzene rings is 1. The smallest absolute Gasteiger partial charge is 0.336 e. The monoisotopic (exact) mass is 380 g/mol. The number of hydrogen-bond acceptors (Lipinski definition) is 5. The summed E-state index contributed by atoms with van der Waals surface area (Å²) < 4.78 is 10.8. The van der Waals surface area contributed by atoms with Crippen molar-refractivity contribution in [3.8, 4) is 5.75 Å². The highest BCUT2D eigenvalue weighted by Crippen LogP contribution is 2.31. The molecule has 0 radical (unpaired) electrons. The van der Waals surface area contributed by atoms with E-state index in [-0.39, 0.29) is 12.5 Å². The molecular formula is C19H25ClN2O4. The summed E-state index contributed by atoms with van der Waals surface area (Å²) in [4.78, 5) is 25.6. The molecule has 0 aliphatic rings. The number of carbonyl (C=O) groups excluding carboxylic acids is 1. The van der Waals surface area contributed by atoms with Gasteiger partial charge in [-0.3, -0.25) is 4.79 Å². The normalized spacial score (nSPS) is 11.1. The standard InChI is InChI=1S/C19H25ClN2O4/c1-4-6-13-9-19(24)26-16-11-17(15(20)10-14(13)16)25-12-18(23)21-7-5-8-22(2)3/h9-11H,4-8,12H2,1-3H3,(H,21,23). The van der Waals surface area contributed by atoms with Crippen LogP contribution in [0.5, 0.6) is 5.75 Å². The summed E-state index contributed by atoms with van der Waals surface area (Å²) in [6, 6.07) is 4.77. The van der Waals surface area contributed by atoms with Gasteiger partial charge >= 0.3 is 5.63 Å². The zero-order valence-electron chi connectivity index (χ0n) is 15.4. The third-order valence-electron chi connectivity index (χ3n) is 3.87. The minimum Gasteiger partial charge on any atom is -0.482 e. The highest BCUT2D eigenvalue weighted by Gasteiger charge is 2.12. The zero-order chi connectivity index (χ0) is 19.1. The van der Waals surface area contributed by atoms with E-state index in [0.29, 0.717) is 22.9 Å². The second-order valence-corrected chi connectivity index (χ2v) is 6.82. The summed E-state index contributed by atoms with van der Waals surface area (Å²) >= 11 is 6.28. The van der Waals surface area contributed by atoms with Crippen molar-refractivity contribution in [3.63, 3.8) is 0 Å². The number of rotatable bonds is 9. The van der Waals surface area contributed by atoms with Gasteiger partial charge < -0.3 is 19.4 Å². The van der Waals surface area contributed by atoms with Gasteiger partial charge in [-0.25, -0.2) is 4.79 Å². The van der Waals surface area contributed by atoms with Gasteiger partial charge in [-0.05, 0) is 45.1 Å². The SMILES string of the molecule is CCCc1cc(=O)oc2cc(OCC(=O)NCCCN(C)C)c(Cl)cc12. The van der Waals surface area contributed by atoms with Crippen LogP contribution in [-0.4, -0.2) is 44.6 Å². The Morgan fingerprint density at radius 1 is 1.31 bits per heavy atom. The maximum absolute atomic E-state index is 11.9. The van der Waals surface area contributed by atoms with Crippen molar-refractivity contribution in [2.45, 2.75) is 26.2 Å². The van der Waals surface area contributed by atoms with Crippen LogP contribution in [0, 0.1) is 0 Å². The van der Waals surface area contributed by atoms with Gasteiger partial charge in [0.2, 0.25) is 0 Å². The lowest BCUT2D eigenvalue weighted by Crippen LogP contribution is -2.31. The van der Waals surface area contributed by atoms with Crippen LogP contribution in [0.3, 0.4) is 0 Å². The quantitative estimate of drug-likeness (QED) is 0.535. The van der Waals surface area contributed by atoms with Crippen molar-refractivity contribution in [2.75, 3.05) is 33.8 Å². The molecule has 7 heteroatoms. The minimum absolute atomic E-state index is 0.147. The predicted octanol–water partition coefficient (Wildman–Crippen LogP) is 2.85. The molecule has 0 saturated carbocycles. The molecule has 1 aromatic heterocycles. The van der Waals surface area contributed by atoms with Crippen LogP contribution in [0.4, 0.5) is 0 Å². The van der Waals surface area contributed by atoms with Gasteiger partial charge in [-0.2, -0.15) is 0 Å². The van der Waals surface area contributed by atoms with E-state index >= 15 is 0 Å². The average molecular weight is 381 g/mol. The molecule has 142 valence electrons. The van der Waals surface area contributed by atoms with Gasteiger partial charge in [0, 0.05) is 24.1 Å². The van der Waals surface area contributed by atoms with Crippen LogP contribution in [0.2, 0.25) is 5.02 Å². The molecule has 2 rings (SSSR count). The van der Waals surface area contributed by atoms with E-state index in [1.165, 1.54) is 6.07 Å². The Kier molecular flexibility index (Phi) is 7.48. The Bertz CT molecular complexity index is 817. The van der Waals surface area contributed by atoms with Crippen molar-refractivity contribution in [1.29, 1.82) is 0 Å². The summed E-state index contributed by atoms with van der Waals surface area (Å²) in [5.74, 6) is 0.0977. The molecular weight excluding hydrogens is 356 g/mol. The largest absolute Gasteiger partial charge is 0.482 e. The molecule has 0 aliphatic heterocycles. The van der Waals surface area contributed by atoms with Crippen LogP contribution < -0.4 is 15.7 Å². The second kappa shape index (κ2) is 9.59. The topological polar surface area (TPSA) is 71.8 Å². The van der Waals surface area contributed by atoms with Gasteiger partial charge in [0.05, 0.1) is 5.02 Å². The first-order valence-corrected chi connectivity index (χ1v) is 9.09. The molecule has 1 amide bonds. The van der Waals surface area contributed by atoms with Crippen molar-refractivity contribution in [3.05, 3.63) is 39.2 Å². The number of fused-ring (bicyclic) bond motifs is 1. The van der Waals surface area contributed by atoms with Crippen LogP contribution in [0.25, 0.3) is 11.0 Å². The fourth-order valence-electron chi connectivity index (χ4n) is 2.63. The first kappa shape index (κ1) is 20.3. The number of aryl methyl sites for hydroxylation is 1. The number of halogens is 1. The fraction of sp³-hybridized carbons (Fsp3) is 0.474. The summed E-state index contributed by atoms with van der Waals surface area (Å²) in [5.41, 5.74) is 0.894. The lowest BCUT2D eigenvalue weighted by atomic mass is 10.1. The molecule has 1 heterocycles. The molecule has 0 unspecified atom stereocenters. The molecule has 26 heavy (non-hydrogen) atoms. The third-order valence-corrected chi connectivity index (χ3v) is 4.16. The van der Waals surface area contributed by atoms with E-state index in [4.69, 9.17) is 20.8 Å². The molecule has 0 aliphatic carbocycles. The van der Waals surface area contributed by atoms with Gasteiger partial charge in [0.25, 0.3) is 5.91 Å². The lowest BCUT2D eigenvalue weighted by molar-refractivity contribution is -0.123. The second-order valence-electron chi connectivity index (χ2n) is 6.41. The summed E-state index contributed by atoms with van der Waals surface area (Å²) in [5, 5.41) is 3.96. The summed E-state index contributed by atoms with van der Waals surface area (Å²) in [6.45, 7) is 3.38. The molecule has 0 spiro atoms. The van der Waals surface area contributed by atoms with Crippen molar-refractivity contribution < 1.29 is 13.9 Å². The Hall–Kier alpha value is -2.05. The fourth-order valence-corrected chi connectivity index (χ4v) is 2.85. The third kappa shape index (κ3) is 5.75. The van der Waals surface area contributed by atoms with Gasteiger partial charge in [-0.1, -0.05) is 24.9 Å². The molecule has 0 fully saturated rings. The highest BCUT2D eigenvalue weighted by atomic mass is 35.5. The van der Waals surface area contributed by atoms with E-state index in [1.54, 1.807) is 12.1 Å².